The maximum absolute atomic E-state index is 5.64. The van der Waals surface area contributed by atoms with Crippen LogP contribution in [-0.4, -0.2) is 39.4 Å². The molecule has 114 valence electrons. The van der Waals surface area contributed by atoms with Crippen molar-refractivity contribution in [3.05, 3.63) is 34.0 Å². The number of hydrogen-bond acceptors (Lipinski definition) is 5. The first-order valence-electron chi connectivity index (χ1n) is 7.46. The number of ether oxygens (including phenoxy) is 1. The molecular weight excluding hydrogens is 284 g/mol. The Morgan fingerprint density at radius 2 is 2.33 bits per heavy atom. The van der Waals surface area contributed by atoms with Crippen molar-refractivity contribution in [2.24, 2.45) is 5.92 Å². The van der Waals surface area contributed by atoms with E-state index in [0.717, 1.165) is 44.4 Å². The second kappa shape index (κ2) is 6.68. The van der Waals surface area contributed by atoms with Gasteiger partial charge < -0.3 is 4.74 Å². The number of nitrogens with zero attached hydrogens (tertiary/aromatic N) is 4. The van der Waals surface area contributed by atoms with Crippen molar-refractivity contribution in [1.29, 1.82) is 0 Å². The van der Waals surface area contributed by atoms with Crippen LogP contribution in [-0.2, 0) is 24.4 Å². The average Bonchev–Trinajstić information content (AvgIpc) is 3.02. The third-order valence-electron chi connectivity index (χ3n) is 3.75. The minimum Gasteiger partial charge on any atom is -0.381 e. The van der Waals surface area contributed by atoms with Crippen molar-refractivity contribution in [1.82, 2.24) is 19.7 Å². The monoisotopic (exact) mass is 306 g/mol. The van der Waals surface area contributed by atoms with E-state index < -0.39 is 0 Å². The average molecular weight is 306 g/mol. The van der Waals surface area contributed by atoms with Crippen LogP contribution in [0.1, 0.15) is 23.3 Å². The van der Waals surface area contributed by atoms with Crippen molar-refractivity contribution < 1.29 is 4.74 Å². The minimum atomic E-state index is 0.478. The third-order valence-corrected chi connectivity index (χ3v) is 4.57. The quantitative estimate of drug-likeness (QED) is 0.850. The van der Waals surface area contributed by atoms with Crippen LogP contribution in [0.25, 0.3) is 0 Å². The molecule has 2 aromatic heterocycles. The molecule has 3 heterocycles. The first-order chi connectivity index (χ1) is 10.2. The van der Waals surface area contributed by atoms with Gasteiger partial charge in [-0.1, -0.05) is 0 Å². The van der Waals surface area contributed by atoms with Crippen molar-refractivity contribution in [2.45, 2.75) is 33.5 Å². The summed E-state index contributed by atoms with van der Waals surface area (Å²) in [4.78, 5) is 7.05. The largest absolute Gasteiger partial charge is 0.381 e. The number of aromatic nitrogens is 3. The Hall–Kier alpha value is -1.24. The molecule has 21 heavy (non-hydrogen) atoms. The molecule has 0 amide bonds. The molecule has 0 aromatic carbocycles. The maximum Gasteiger partial charge on any atom is 0.0897 e. The Labute approximate surface area is 129 Å². The van der Waals surface area contributed by atoms with Crippen LogP contribution < -0.4 is 0 Å². The summed E-state index contributed by atoms with van der Waals surface area (Å²) in [7, 11) is 0. The molecule has 5 nitrogen and oxygen atoms in total. The maximum atomic E-state index is 5.64. The highest BCUT2D eigenvalue weighted by atomic mass is 32.1. The van der Waals surface area contributed by atoms with Gasteiger partial charge in [-0.3, -0.25) is 9.58 Å². The van der Waals surface area contributed by atoms with Gasteiger partial charge in [-0.2, -0.15) is 5.10 Å². The predicted molar refractivity (Wildman–Crippen MR) is 83.2 cm³/mol. The number of rotatable bonds is 5. The number of fused-ring (bicyclic) bond motifs is 1. The highest BCUT2D eigenvalue weighted by molar-refractivity contribution is 7.09. The fraction of sp³-hybridized carbons (Fsp3) is 0.600. The lowest BCUT2D eigenvalue weighted by Gasteiger charge is -2.22. The predicted octanol–water partition coefficient (Wildman–Crippen LogP) is 2.32. The summed E-state index contributed by atoms with van der Waals surface area (Å²) in [6.07, 6.45) is 1.89. The molecule has 0 aliphatic carbocycles. The van der Waals surface area contributed by atoms with Crippen LogP contribution >= 0.6 is 11.3 Å². The van der Waals surface area contributed by atoms with E-state index in [1.807, 2.05) is 13.1 Å². The summed E-state index contributed by atoms with van der Waals surface area (Å²) in [6.45, 7) is 9.47. The van der Waals surface area contributed by atoms with Crippen molar-refractivity contribution in [2.75, 3.05) is 19.8 Å². The zero-order valence-electron chi connectivity index (χ0n) is 12.7. The number of thiazole rings is 1. The Morgan fingerprint density at radius 1 is 1.43 bits per heavy atom. The molecular formula is C15H22N4OS. The van der Waals surface area contributed by atoms with Crippen LogP contribution in [0.3, 0.4) is 0 Å². The summed E-state index contributed by atoms with van der Waals surface area (Å²) >= 11 is 1.72. The first-order valence-corrected chi connectivity index (χ1v) is 8.34. The Balaban J connectivity index is 1.73. The number of hydrogen-bond donors (Lipinski definition) is 0. The molecule has 1 aliphatic heterocycles. The molecule has 6 heteroatoms. The van der Waals surface area contributed by atoms with E-state index in [9.17, 15) is 0 Å². The second-order valence-corrected chi connectivity index (χ2v) is 6.62. The molecule has 0 bridgehead atoms. The van der Waals surface area contributed by atoms with E-state index in [0.29, 0.717) is 5.92 Å². The van der Waals surface area contributed by atoms with E-state index in [4.69, 9.17) is 4.74 Å². The van der Waals surface area contributed by atoms with Crippen LogP contribution in [0, 0.1) is 12.8 Å². The topological polar surface area (TPSA) is 43.2 Å². The van der Waals surface area contributed by atoms with Gasteiger partial charge in [0, 0.05) is 50.3 Å². The summed E-state index contributed by atoms with van der Waals surface area (Å²) < 4.78 is 7.76. The third kappa shape index (κ3) is 3.70. The molecule has 0 unspecified atom stereocenters. The van der Waals surface area contributed by atoms with Gasteiger partial charge in [0.15, 0.2) is 0 Å². The van der Waals surface area contributed by atoms with E-state index in [1.165, 1.54) is 11.4 Å². The normalized spacial score (nSPS) is 19.4. The minimum absolute atomic E-state index is 0.478. The van der Waals surface area contributed by atoms with Crippen molar-refractivity contribution in [3.8, 4) is 0 Å². The van der Waals surface area contributed by atoms with Gasteiger partial charge in [0.25, 0.3) is 0 Å². The smallest absolute Gasteiger partial charge is 0.0897 e. The zero-order valence-corrected chi connectivity index (χ0v) is 13.5. The van der Waals surface area contributed by atoms with E-state index in [1.54, 1.807) is 11.3 Å². The van der Waals surface area contributed by atoms with Gasteiger partial charge in [-0.05, 0) is 19.9 Å². The van der Waals surface area contributed by atoms with Gasteiger partial charge in [0.05, 0.1) is 23.0 Å². The molecule has 0 radical (unpaired) electrons. The Bertz CT molecular complexity index is 580. The lowest BCUT2D eigenvalue weighted by atomic mass is 10.1. The molecule has 0 spiro atoms. The molecule has 3 rings (SSSR count). The van der Waals surface area contributed by atoms with E-state index in [2.05, 4.69) is 38.0 Å². The fourth-order valence-electron chi connectivity index (χ4n) is 2.84. The number of aryl methyl sites for hydroxylation is 1. The van der Waals surface area contributed by atoms with Crippen LogP contribution in [0.4, 0.5) is 0 Å². The lowest BCUT2D eigenvalue weighted by molar-refractivity contribution is 0.0839. The van der Waals surface area contributed by atoms with Crippen LogP contribution in [0.5, 0.6) is 0 Å². The highest BCUT2D eigenvalue weighted by Crippen LogP contribution is 2.19. The summed E-state index contributed by atoms with van der Waals surface area (Å²) in [5, 5.41) is 7.74. The summed E-state index contributed by atoms with van der Waals surface area (Å²) in [5.74, 6) is 0.478. The van der Waals surface area contributed by atoms with Gasteiger partial charge in [0.2, 0.25) is 0 Å². The molecule has 2 aromatic rings. The van der Waals surface area contributed by atoms with Gasteiger partial charge in [-0.25, -0.2) is 4.98 Å². The Morgan fingerprint density at radius 3 is 3.10 bits per heavy atom. The zero-order chi connectivity index (χ0) is 14.7. The Kier molecular flexibility index (Phi) is 4.67. The molecule has 0 saturated heterocycles. The lowest BCUT2D eigenvalue weighted by Crippen LogP contribution is -2.30. The van der Waals surface area contributed by atoms with Crippen molar-refractivity contribution in [3.63, 3.8) is 0 Å². The molecule has 0 saturated carbocycles. The summed E-state index contributed by atoms with van der Waals surface area (Å²) in [5.41, 5.74) is 2.45. The highest BCUT2D eigenvalue weighted by Gasteiger charge is 2.23. The molecule has 0 N–H and O–H groups in total. The molecule has 1 aliphatic rings. The standard InChI is InChI=1S/C15H22N4OS/c1-3-20-10-13-6-18(8-14-11-21-12(2)17-14)9-15-4-5-16-19(15)7-13/h4-5,11,13H,3,6-10H2,1-2H3/t13-/m0/s1. The van der Waals surface area contributed by atoms with Crippen molar-refractivity contribution >= 4 is 11.3 Å². The van der Waals surface area contributed by atoms with E-state index >= 15 is 0 Å². The van der Waals surface area contributed by atoms with Gasteiger partial charge in [0.1, 0.15) is 0 Å². The molecule has 1 atom stereocenters. The first kappa shape index (κ1) is 14.7. The van der Waals surface area contributed by atoms with Crippen LogP contribution in [0.2, 0.25) is 0 Å². The second-order valence-electron chi connectivity index (χ2n) is 5.56. The van der Waals surface area contributed by atoms with Gasteiger partial charge >= 0.3 is 0 Å². The van der Waals surface area contributed by atoms with Crippen LogP contribution in [0.15, 0.2) is 17.6 Å². The van der Waals surface area contributed by atoms with Gasteiger partial charge in [-0.15, -0.1) is 11.3 Å². The SMILES string of the molecule is CCOC[C@H]1CN(Cc2csc(C)n2)Cc2ccnn2C1. The summed E-state index contributed by atoms with van der Waals surface area (Å²) in [6, 6.07) is 2.11. The fourth-order valence-corrected chi connectivity index (χ4v) is 3.44. The molecule has 0 fully saturated rings. The van der Waals surface area contributed by atoms with E-state index in [-0.39, 0.29) is 0 Å².